The van der Waals surface area contributed by atoms with Gasteiger partial charge in [0, 0.05) is 24.3 Å². The van der Waals surface area contributed by atoms with E-state index in [1.807, 2.05) is 36.1 Å². The second-order valence-electron chi connectivity index (χ2n) is 6.66. The van der Waals surface area contributed by atoms with Crippen LogP contribution in [0.5, 0.6) is 0 Å². The summed E-state index contributed by atoms with van der Waals surface area (Å²) < 4.78 is 1.93. The van der Waals surface area contributed by atoms with Gasteiger partial charge in [0.25, 0.3) is 0 Å². The van der Waals surface area contributed by atoms with Crippen LogP contribution in [0.25, 0.3) is 0 Å². The van der Waals surface area contributed by atoms with Gasteiger partial charge in [-0.2, -0.15) is 5.10 Å². The number of nitrogens with zero attached hydrogens (tertiary/aromatic N) is 2. The van der Waals surface area contributed by atoms with E-state index in [9.17, 15) is 4.79 Å². The van der Waals surface area contributed by atoms with Gasteiger partial charge in [-0.1, -0.05) is 30.3 Å². The molecule has 1 fully saturated rings. The summed E-state index contributed by atoms with van der Waals surface area (Å²) in [6.45, 7) is 0. The normalized spacial score (nSPS) is 26.1. The van der Waals surface area contributed by atoms with Gasteiger partial charge >= 0.3 is 0 Å². The molecule has 1 aromatic heterocycles. The highest BCUT2D eigenvalue weighted by Crippen LogP contribution is 2.30. The van der Waals surface area contributed by atoms with Crippen molar-refractivity contribution in [3.63, 3.8) is 0 Å². The van der Waals surface area contributed by atoms with E-state index in [4.69, 9.17) is 0 Å². The molecule has 3 N–H and O–H groups in total. The number of hydrazine groups is 1. The number of fused-ring (bicyclic) bond motifs is 1. The van der Waals surface area contributed by atoms with E-state index >= 15 is 0 Å². The highest BCUT2D eigenvalue weighted by molar-refractivity contribution is 5.82. The lowest BCUT2D eigenvalue weighted by Gasteiger charge is -2.25. The van der Waals surface area contributed by atoms with E-state index in [0.717, 1.165) is 25.7 Å². The van der Waals surface area contributed by atoms with Crippen molar-refractivity contribution in [1.29, 1.82) is 0 Å². The molecule has 0 radical (unpaired) electrons. The third kappa shape index (κ3) is 2.83. The highest BCUT2D eigenvalue weighted by Gasteiger charge is 2.32. The van der Waals surface area contributed by atoms with E-state index in [-0.39, 0.29) is 24.0 Å². The van der Waals surface area contributed by atoms with Crippen molar-refractivity contribution >= 4 is 5.91 Å². The van der Waals surface area contributed by atoms with Crippen molar-refractivity contribution < 1.29 is 4.79 Å². The Morgan fingerprint density at radius 2 is 2.12 bits per heavy atom. The fraction of sp³-hybridized carbons (Fsp3) is 0.444. The van der Waals surface area contributed by atoms with Crippen molar-refractivity contribution in [2.75, 3.05) is 0 Å². The first-order chi connectivity index (χ1) is 11.7. The summed E-state index contributed by atoms with van der Waals surface area (Å²) in [4.78, 5) is 12.7. The topological polar surface area (TPSA) is 71.0 Å². The molecule has 6 nitrogen and oxygen atoms in total. The van der Waals surface area contributed by atoms with Crippen molar-refractivity contribution in [2.45, 2.75) is 43.8 Å². The Labute approximate surface area is 141 Å². The molecule has 1 aliphatic heterocycles. The fourth-order valence-electron chi connectivity index (χ4n) is 3.76. The lowest BCUT2D eigenvalue weighted by molar-refractivity contribution is -0.123. The summed E-state index contributed by atoms with van der Waals surface area (Å²) in [6.07, 6.45) is 5.75. The lowest BCUT2D eigenvalue weighted by Crippen LogP contribution is -2.44. The summed E-state index contributed by atoms with van der Waals surface area (Å²) in [5, 5.41) is 7.55. The molecule has 126 valence electrons. The summed E-state index contributed by atoms with van der Waals surface area (Å²) in [6, 6.07) is 10.3. The molecule has 2 heterocycles. The van der Waals surface area contributed by atoms with Gasteiger partial charge in [-0.25, -0.2) is 10.9 Å². The number of aromatic nitrogens is 2. The molecule has 1 saturated heterocycles. The molecule has 6 heteroatoms. The van der Waals surface area contributed by atoms with Crippen molar-refractivity contribution in [2.24, 2.45) is 7.05 Å². The molecule has 0 bridgehead atoms. The van der Waals surface area contributed by atoms with Crippen LogP contribution in [0.3, 0.4) is 0 Å². The molecule has 0 spiro atoms. The maximum Gasteiger partial charge on any atom is 0.239 e. The largest absolute Gasteiger partial charge is 0.348 e. The Balaban J connectivity index is 1.41. The van der Waals surface area contributed by atoms with Crippen LogP contribution < -0.4 is 16.2 Å². The van der Waals surface area contributed by atoms with Gasteiger partial charge in [0.1, 0.15) is 6.04 Å². The number of amides is 1. The lowest BCUT2D eigenvalue weighted by atomic mass is 9.92. The summed E-state index contributed by atoms with van der Waals surface area (Å²) >= 11 is 0. The van der Waals surface area contributed by atoms with Gasteiger partial charge in [-0.15, -0.1) is 0 Å². The monoisotopic (exact) mass is 325 g/mol. The molecule has 3 atom stereocenters. The first-order valence-corrected chi connectivity index (χ1v) is 8.59. The minimum atomic E-state index is -0.211. The number of benzene rings is 1. The zero-order valence-corrected chi connectivity index (χ0v) is 13.8. The fourth-order valence-corrected chi connectivity index (χ4v) is 3.76. The first-order valence-electron chi connectivity index (χ1n) is 8.59. The molecule has 1 amide bonds. The molecule has 4 rings (SSSR count). The first kappa shape index (κ1) is 15.4. The minimum Gasteiger partial charge on any atom is -0.348 e. The van der Waals surface area contributed by atoms with Crippen molar-refractivity contribution in [3.05, 3.63) is 53.3 Å². The summed E-state index contributed by atoms with van der Waals surface area (Å²) in [7, 11) is 1.97. The second kappa shape index (κ2) is 6.37. The van der Waals surface area contributed by atoms with E-state index < -0.39 is 0 Å². The second-order valence-corrected chi connectivity index (χ2v) is 6.66. The van der Waals surface area contributed by atoms with Gasteiger partial charge in [0.05, 0.1) is 12.2 Å². The van der Waals surface area contributed by atoms with Gasteiger partial charge in [-0.05, 0) is 31.2 Å². The third-order valence-electron chi connectivity index (χ3n) is 5.11. The molecule has 2 aromatic rings. The number of aryl methyl sites for hydroxylation is 1. The molecule has 24 heavy (non-hydrogen) atoms. The summed E-state index contributed by atoms with van der Waals surface area (Å²) in [5.74, 6) is 0.0580. The quantitative estimate of drug-likeness (QED) is 0.800. The van der Waals surface area contributed by atoms with Gasteiger partial charge in [0.15, 0.2) is 0 Å². The highest BCUT2D eigenvalue weighted by atomic mass is 16.2. The predicted molar refractivity (Wildman–Crippen MR) is 90.9 cm³/mol. The average Bonchev–Trinajstić information content (AvgIpc) is 3.24. The van der Waals surface area contributed by atoms with E-state index in [1.165, 1.54) is 16.8 Å². The van der Waals surface area contributed by atoms with Crippen LogP contribution in [0.2, 0.25) is 0 Å². The van der Waals surface area contributed by atoms with Crippen LogP contribution >= 0.6 is 0 Å². The number of hydrogen-bond acceptors (Lipinski definition) is 4. The molecule has 1 aromatic carbocycles. The number of carbonyl (C=O) groups is 1. The van der Waals surface area contributed by atoms with E-state index in [2.05, 4.69) is 33.4 Å². The van der Waals surface area contributed by atoms with Crippen LogP contribution in [0.15, 0.2) is 36.5 Å². The molecule has 0 saturated carbocycles. The Morgan fingerprint density at radius 3 is 2.96 bits per heavy atom. The smallest absolute Gasteiger partial charge is 0.239 e. The number of rotatable bonds is 3. The maximum atomic E-state index is 12.7. The van der Waals surface area contributed by atoms with Gasteiger partial charge < -0.3 is 5.32 Å². The minimum absolute atomic E-state index is 0.0580. The Morgan fingerprint density at radius 1 is 1.29 bits per heavy atom. The Kier molecular flexibility index (Phi) is 4.08. The zero-order valence-electron chi connectivity index (χ0n) is 13.8. The Hall–Kier alpha value is -2.18. The van der Waals surface area contributed by atoms with Crippen LogP contribution in [0, 0.1) is 0 Å². The number of carbonyl (C=O) groups excluding carboxylic acids is 1. The molecular formula is C18H23N5O. The van der Waals surface area contributed by atoms with E-state index in [0.29, 0.717) is 0 Å². The van der Waals surface area contributed by atoms with Gasteiger partial charge in [0.2, 0.25) is 5.91 Å². The van der Waals surface area contributed by atoms with Gasteiger partial charge in [-0.3, -0.25) is 9.48 Å². The van der Waals surface area contributed by atoms with Crippen molar-refractivity contribution in [1.82, 2.24) is 25.9 Å². The molecular weight excluding hydrogens is 302 g/mol. The SMILES string of the molecule is Cn1ncc2c1CCCC2NC(=O)C1CC(c2ccccc2)NN1. The van der Waals surface area contributed by atoms with Crippen LogP contribution in [0.4, 0.5) is 0 Å². The van der Waals surface area contributed by atoms with Crippen LogP contribution in [0.1, 0.15) is 48.2 Å². The number of nitrogens with one attached hydrogen (secondary N) is 3. The molecule has 3 unspecified atom stereocenters. The molecule has 2 aliphatic rings. The van der Waals surface area contributed by atoms with Crippen LogP contribution in [-0.2, 0) is 18.3 Å². The maximum absolute atomic E-state index is 12.7. The standard InChI is InChI=1S/C18H23N5O/c1-23-17-9-5-8-14(13(17)11-19-23)20-18(24)16-10-15(21-22-16)12-6-3-2-4-7-12/h2-4,6-7,11,14-16,21-22H,5,8-10H2,1H3,(H,20,24). The third-order valence-corrected chi connectivity index (χ3v) is 5.11. The van der Waals surface area contributed by atoms with Crippen LogP contribution in [-0.4, -0.2) is 21.7 Å². The average molecular weight is 325 g/mol. The van der Waals surface area contributed by atoms with Crippen molar-refractivity contribution in [3.8, 4) is 0 Å². The Bertz CT molecular complexity index is 726. The number of hydrogen-bond donors (Lipinski definition) is 3. The molecule has 1 aliphatic carbocycles. The zero-order chi connectivity index (χ0) is 16.5. The predicted octanol–water partition coefficient (Wildman–Crippen LogP) is 1.52. The van der Waals surface area contributed by atoms with E-state index in [1.54, 1.807) is 0 Å². The summed E-state index contributed by atoms with van der Waals surface area (Å²) in [5.41, 5.74) is 9.99.